The highest BCUT2D eigenvalue weighted by Crippen LogP contribution is 1.21. The van der Waals surface area contributed by atoms with Gasteiger partial charge in [-0.1, -0.05) is 0 Å². The number of hydrogen-bond donors (Lipinski definition) is 1. The topological polar surface area (TPSA) is 38.4 Å². The lowest BCUT2D eigenvalue weighted by Gasteiger charge is -1.55. The molecule has 0 bridgehead atoms. The molecule has 0 aliphatic carbocycles. The van der Waals surface area contributed by atoms with Gasteiger partial charge >= 0.3 is 0 Å². The highest BCUT2D eigenvalue weighted by atomic mass is 28.1. The highest BCUT2D eigenvalue weighted by molar-refractivity contribution is 6.49. The molecule has 0 heterocycles. The standard InChI is InChI=1S/CH6N2Si/c2-3-1-4/h1H,2H2,4H3. The fraction of sp³-hybridized carbons (Fsp3) is 0. The van der Waals surface area contributed by atoms with E-state index in [1.807, 2.05) is 0 Å². The first-order valence-electron chi connectivity index (χ1n) is 1.09. The number of nitrogens with two attached hydrogens (primary N) is 1. The molecule has 0 fully saturated rings. The lowest BCUT2D eigenvalue weighted by molar-refractivity contribution is 1.27. The maximum atomic E-state index is 4.63. The molecule has 0 spiro atoms. The summed E-state index contributed by atoms with van der Waals surface area (Å²) in [7, 11) is 0.973. The van der Waals surface area contributed by atoms with Gasteiger partial charge in [0.25, 0.3) is 0 Å². The summed E-state index contributed by atoms with van der Waals surface area (Å²) in [5.74, 6) is 6.30. The predicted octanol–water partition coefficient (Wildman–Crippen LogP) is -1.75. The average molecular weight is 74.2 g/mol. The smallest absolute Gasteiger partial charge is 0.0550 e. The first-order chi connectivity index (χ1) is 1.91. The van der Waals surface area contributed by atoms with E-state index in [1.165, 1.54) is 0 Å². The third-order valence-corrected chi connectivity index (χ3v) is 0.447. The quantitative estimate of drug-likeness (QED) is 0.157. The molecule has 0 aromatic rings. The minimum absolute atomic E-state index is 0.973. The van der Waals surface area contributed by atoms with Crippen molar-refractivity contribution in [2.45, 2.75) is 0 Å². The average Bonchev–Trinajstić information content (AvgIpc) is 1.37. The Labute approximate surface area is 28.1 Å². The van der Waals surface area contributed by atoms with Crippen LogP contribution in [0.25, 0.3) is 0 Å². The van der Waals surface area contributed by atoms with Crippen LogP contribution in [0.5, 0.6) is 0 Å². The molecule has 4 heavy (non-hydrogen) atoms. The zero-order chi connectivity index (χ0) is 3.41. The number of rotatable bonds is 0. The van der Waals surface area contributed by atoms with Gasteiger partial charge in [-0.2, -0.15) is 0 Å². The Bertz CT molecular complexity index is 21.2. The molecule has 0 saturated heterocycles. The second kappa shape index (κ2) is 2.69. The number of hydrazone groups is 1. The molecule has 0 radical (unpaired) electrons. The van der Waals surface area contributed by atoms with Crippen molar-refractivity contribution in [1.29, 1.82) is 0 Å². The van der Waals surface area contributed by atoms with Crippen LogP contribution in [0.1, 0.15) is 0 Å². The van der Waals surface area contributed by atoms with Crippen LogP contribution >= 0.6 is 0 Å². The summed E-state index contributed by atoms with van der Waals surface area (Å²) in [6.07, 6.45) is 0. The second-order valence-corrected chi connectivity index (χ2v) is 0.924. The van der Waals surface area contributed by atoms with Gasteiger partial charge in [0.1, 0.15) is 0 Å². The molecular formula is CH6N2Si. The van der Waals surface area contributed by atoms with Crippen molar-refractivity contribution in [2.75, 3.05) is 0 Å². The van der Waals surface area contributed by atoms with E-state index < -0.39 is 0 Å². The zero-order valence-corrected chi connectivity index (χ0v) is 4.60. The molecule has 0 atom stereocenters. The number of nitrogens with zero attached hydrogens (tertiary/aromatic N) is 1. The molecule has 0 aromatic carbocycles. The first-order valence-corrected chi connectivity index (χ1v) is 2.25. The van der Waals surface area contributed by atoms with Crippen molar-refractivity contribution in [3.8, 4) is 0 Å². The molecule has 0 saturated carbocycles. The van der Waals surface area contributed by atoms with Crippen molar-refractivity contribution in [3.05, 3.63) is 0 Å². The van der Waals surface area contributed by atoms with Gasteiger partial charge in [0.2, 0.25) is 0 Å². The van der Waals surface area contributed by atoms with Gasteiger partial charge in [-0.15, -0.1) is 0 Å². The van der Waals surface area contributed by atoms with Crippen molar-refractivity contribution >= 4 is 16.1 Å². The lowest BCUT2D eigenvalue weighted by Crippen LogP contribution is -1.78. The van der Waals surface area contributed by atoms with E-state index in [9.17, 15) is 0 Å². The van der Waals surface area contributed by atoms with Gasteiger partial charge in [0.15, 0.2) is 0 Å². The Morgan fingerprint density at radius 2 is 2.25 bits per heavy atom. The van der Waals surface area contributed by atoms with Crippen molar-refractivity contribution in [1.82, 2.24) is 0 Å². The van der Waals surface area contributed by atoms with Crippen LogP contribution < -0.4 is 5.84 Å². The zero-order valence-electron chi connectivity index (χ0n) is 2.60. The van der Waals surface area contributed by atoms with Gasteiger partial charge < -0.3 is 5.84 Å². The van der Waals surface area contributed by atoms with E-state index in [2.05, 4.69) is 10.9 Å². The van der Waals surface area contributed by atoms with Gasteiger partial charge in [-0.05, 0) is 5.84 Å². The molecule has 0 aromatic heterocycles. The molecule has 0 unspecified atom stereocenters. The van der Waals surface area contributed by atoms with Crippen molar-refractivity contribution < 1.29 is 0 Å². The van der Waals surface area contributed by atoms with Crippen LogP contribution in [-0.4, -0.2) is 16.1 Å². The van der Waals surface area contributed by atoms with Gasteiger partial charge in [0, 0.05) is 0 Å². The first kappa shape index (κ1) is 3.69. The molecule has 24 valence electrons. The minimum Gasteiger partial charge on any atom is -0.324 e. The summed E-state index contributed by atoms with van der Waals surface area (Å²) < 4.78 is 0. The maximum absolute atomic E-state index is 4.63. The molecule has 0 rings (SSSR count). The Morgan fingerprint density at radius 1 is 2.00 bits per heavy atom. The summed E-state index contributed by atoms with van der Waals surface area (Å²) in [5.41, 5.74) is 0. The van der Waals surface area contributed by atoms with E-state index >= 15 is 0 Å². The monoisotopic (exact) mass is 74.0 g/mol. The van der Waals surface area contributed by atoms with Gasteiger partial charge in [0.05, 0.1) is 10.2 Å². The van der Waals surface area contributed by atoms with Gasteiger partial charge in [-0.25, -0.2) is 5.10 Å². The Balaban J connectivity index is 2.55. The molecular weight excluding hydrogens is 68.1 g/mol. The van der Waals surface area contributed by atoms with Crippen molar-refractivity contribution in [3.63, 3.8) is 0 Å². The molecule has 3 heteroatoms. The maximum Gasteiger partial charge on any atom is 0.0550 e. The van der Waals surface area contributed by atoms with E-state index in [4.69, 9.17) is 0 Å². The summed E-state index contributed by atoms with van der Waals surface area (Å²) >= 11 is 0. The van der Waals surface area contributed by atoms with Gasteiger partial charge in [-0.3, -0.25) is 0 Å². The van der Waals surface area contributed by atoms with Crippen LogP contribution in [0.15, 0.2) is 5.10 Å². The summed E-state index contributed by atoms with van der Waals surface area (Å²) in [6.45, 7) is 0. The molecule has 2 N–H and O–H groups in total. The minimum atomic E-state index is 0.973. The number of hydrogen-bond acceptors (Lipinski definition) is 2. The van der Waals surface area contributed by atoms with E-state index in [0.717, 1.165) is 10.2 Å². The highest BCUT2D eigenvalue weighted by Gasteiger charge is 1.33. The summed E-state index contributed by atoms with van der Waals surface area (Å²) in [5, 5.41) is 3.17. The molecule has 0 aliphatic rings. The third kappa shape index (κ3) is 1.69. The third-order valence-electron chi connectivity index (χ3n) is 0.149. The summed E-state index contributed by atoms with van der Waals surface area (Å²) in [4.78, 5) is 0. The van der Waals surface area contributed by atoms with Crippen LogP contribution in [0, 0.1) is 0 Å². The predicted molar refractivity (Wildman–Crippen MR) is 22.6 cm³/mol. The SMILES string of the molecule is NN=C[SiH3]. The largest absolute Gasteiger partial charge is 0.324 e. The Hall–Kier alpha value is -0.313. The lowest BCUT2D eigenvalue weighted by atomic mass is 11.7. The molecule has 0 aliphatic heterocycles. The van der Waals surface area contributed by atoms with Crippen LogP contribution in [0.4, 0.5) is 0 Å². The second-order valence-electron chi connectivity index (χ2n) is 0.407. The Kier molecular flexibility index (Phi) is 2.48. The fourth-order valence-corrected chi connectivity index (χ4v) is 0. The van der Waals surface area contributed by atoms with Crippen LogP contribution in [-0.2, 0) is 0 Å². The van der Waals surface area contributed by atoms with Crippen LogP contribution in [0.3, 0.4) is 0 Å². The summed E-state index contributed by atoms with van der Waals surface area (Å²) in [6, 6.07) is 0. The van der Waals surface area contributed by atoms with Crippen LogP contribution in [0.2, 0.25) is 0 Å². The molecule has 0 amide bonds. The molecule has 2 nitrogen and oxygen atoms in total. The van der Waals surface area contributed by atoms with E-state index in [0.29, 0.717) is 0 Å². The van der Waals surface area contributed by atoms with E-state index in [1.54, 1.807) is 5.84 Å². The Morgan fingerprint density at radius 3 is 2.25 bits per heavy atom. The van der Waals surface area contributed by atoms with E-state index in [-0.39, 0.29) is 0 Å². The normalized spacial score (nSPS) is 10.0. The van der Waals surface area contributed by atoms with Crippen molar-refractivity contribution in [2.24, 2.45) is 10.9 Å². The fourth-order valence-electron chi connectivity index (χ4n) is 0.